The van der Waals surface area contributed by atoms with E-state index in [0.29, 0.717) is 5.56 Å². The van der Waals surface area contributed by atoms with E-state index in [1.54, 1.807) is 0 Å². The van der Waals surface area contributed by atoms with Crippen molar-refractivity contribution in [2.45, 2.75) is 25.3 Å². The average Bonchev–Trinajstić information content (AvgIpc) is 3.68. The van der Waals surface area contributed by atoms with E-state index in [4.69, 9.17) is 4.99 Å². The summed E-state index contributed by atoms with van der Waals surface area (Å²) in [5, 5.41) is 16.0. The van der Waals surface area contributed by atoms with Gasteiger partial charge in [0, 0.05) is 33.1 Å². The van der Waals surface area contributed by atoms with Gasteiger partial charge < -0.3 is 9.88 Å². The van der Waals surface area contributed by atoms with E-state index in [0.717, 1.165) is 50.6 Å². The Balaban J connectivity index is 1.24. The number of nitriles is 1. The Labute approximate surface area is 315 Å². The lowest BCUT2D eigenvalue weighted by Crippen LogP contribution is -2.27. The lowest BCUT2D eigenvalue weighted by Gasteiger charge is -2.24. The van der Waals surface area contributed by atoms with Crippen LogP contribution in [-0.2, 0) is 5.41 Å². The molecule has 256 valence electrons. The van der Waals surface area contributed by atoms with Gasteiger partial charge in [0.05, 0.1) is 28.7 Å². The number of nitrogens with zero attached hydrogens (tertiary/aromatic N) is 3. The predicted octanol–water partition coefficient (Wildman–Crippen LogP) is 11.8. The molecule has 1 aliphatic carbocycles. The number of hydrogen-bond donors (Lipinski definition) is 1. The molecule has 4 heteroatoms. The third kappa shape index (κ3) is 5.09. The lowest BCUT2D eigenvalue weighted by atomic mass is 9.82. The van der Waals surface area contributed by atoms with E-state index in [9.17, 15) is 5.26 Å². The van der Waals surface area contributed by atoms with E-state index < -0.39 is 0 Å². The molecule has 0 radical (unpaired) electrons. The first-order valence-electron chi connectivity index (χ1n) is 18.5. The second-order valence-corrected chi connectivity index (χ2v) is 14.8. The monoisotopic (exact) mass is 692 g/mol. The van der Waals surface area contributed by atoms with E-state index in [-0.39, 0.29) is 11.5 Å². The second kappa shape index (κ2) is 12.3. The van der Waals surface area contributed by atoms with Crippen molar-refractivity contribution in [2.75, 3.05) is 0 Å². The summed E-state index contributed by atoms with van der Waals surface area (Å²) in [6.45, 7) is 4.68. The fourth-order valence-electron chi connectivity index (χ4n) is 8.55. The first-order valence-corrected chi connectivity index (χ1v) is 18.5. The van der Waals surface area contributed by atoms with Crippen LogP contribution in [0.3, 0.4) is 0 Å². The normalized spacial score (nSPS) is 15.5. The van der Waals surface area contributed by atoms with Gasteiger partial charge in [0.25, 0.3) is 0 Å². The Morgan fingerprint density at radius 3 is 2.13 bits per heavy atom. The fourth-order valence-corrected chi connectivity index (χ4v) is 8.55. The Bertz CT molecular complexity index is 2830. The molecule has 1 aliphatic heterocycles. The first-order chi connectivity index (χ1) is 26.5. The van der Waals surface area contributed by atoms with Gasteiger partial charge in [-0.2, -0.15) is 5.26 Å². The van der Waals surface area contributed by atoms with E-state index in [1.165, 1.54) is 38.5 Å². The summed E-state index contributed by atoms with van der Waals surface area (Å²) in [6, 6.07) is 60.0. The molecule has 7 aromatic carbocycles. The molecule has 2 heterocycles. The number of aliphatic imine (C=N–C) groups is 1. The number of benzene rings is 7. The van der Waals surface area contributed by atoms with Crippen molar-refractivity contribution in [1.29, 1.82) is 5.26 Å². The predicted molar refractivity (Wildman–Crippen MR) is 222 cm³/mol. The molecule has 0 saturated carbocycles. The van der Waals surface area contributed by atoms with Crippen LogP contribution >= 0.6 is 0 Å². The third-order valence-corrected chi connectivity index (χ3v) is 11.2. The molecule has 1 atom stereocenters. The summed E-state index contributed by atoms with van der Waals surface area (Å²) in [5.74, 6) is 0.828. The Kier molecular flexibility index (Phi) is 7.25. The zero-order valence-corrected chi connectivity index (χ0v) is 30.1. The van der Waals surface area contributed by atoms with Crippen LogP contribution in [0.1, 0.15) is 53.3 Å². The Morgan fingerprint density at radius 1 is 0.593 bits per heavy atom. The topological polar surface area (TPSA) is 53.1 Å². The number of nitrogens with one attached hydrogen (secondary N) is 1. The molecule has 10 rings (SSSR count). The van der Waals surface area contributed by atoms with E-state index in [2.05, 4.69) is 169 Å². The van der Waals surface area contributed by atoms with Crippen molar-refractivity contribution in [3.8, 4) is 34.0 Å². The summed E-state index contributed by atoms with van der Waals surface area (Å²) in [4.78, 5) is 5.37. The number of hydrogen-bond acceptors (Lipinski definition) is 3. The summed E-state index contributed by atoms with van der Waals surface area (Å²) in [7, 11) is 0. The van der Waals surface area contributed by atoms with Crippen molar-refractivity contribution in [3.63, 3.8) is 0 Å². The number of fused-ring (bicyclic) bond motifs is 6. The van der Waals surface area contributed by atoms with Crippen LogP contribution < -0.4 is 5.32 Å². The van der Waals surface area contributed by atoms with Gasteiger partial charge in [-0.1, -0.05) is 129 Å². The average molecular weight is 693 g/mol. The highest BCUT2D eigenvalue weighted by molar-refractivity contribution is 6.12. The van der Waals surface area contributed by atoms with Crippen LogP contribution in [0.5, 0.6) is 0 Å². The molecule has 0 amide bonds. The zero-order valence-electron chi connectivity index (χ0n) is 30.1. The minimum atomic E-state index is -0.278. The molecule has 1 N–H and O–H groups in total. The van der Waals surface area contributed by atoms with Gasteiger partial charge in [0.15, 0.2) is 0 Å². The molecule has 54 heavy (non-hydrogen) atoms. The number of aromatic nitrogens is 1. The molecule has 1 aromatic heterocycles. The highest BCUT2D eigenvalue weighted by Crippen LogP contribution is 2.51. The van der Waals surface area contributed by atoms with Gasteiger partial charge in [0.1, 0.15) is 5.84 Å². The highest BCUT2D eigenvalue weighted by atomic mass is 15.0. The van der Waals surface area contributed by atoms with Gasteiger partial charge in [0.2, 0.25) is 0 Å². The van der Waals surface area contributed by atoms with Crippen molar-refractivity contribution in [2.24, 2.45) is 4.99 Å². The van der Waals surface area contributed by atoms with Crippen molar-refractivity contribution < 1.29 is 0 Å². The first kappa shape index (κ1) is 31.7. The van der Waals surface area contributed by atoms with Gasteiger partial charge in [-0.3, -0.25) is 4.99 Å². The molecule has 0 bridgehead atoms. The molecule has 2 aliphatic rings. The van der Waals surface area contributed by atoms with E-state index >= 15 is 0 Å². The molecule has 0 spiro atoms. The molecule has 0 fully saturated rings. The summed E-state index contributed by atoms with van der Waals surface area (Å²) in [5.41, 5.74) is 15.4. The Morgan fingerprint density at radius 2 is 1.31 bits per heavy atom. The van der Waals surface area contributed by atoms with Crippen LogP contribution in [-0.4, -0.2) is 10.4 Å². The molecular formula is C50H36N4. The van der Waals surface area contributed by atoms with Gasteiger partial charge >= 0.3 is 0 Å². The fraction of sp³-hybridized carbons (Fsp3) is 0.0800. The molecular weight excluding hydrogens is 657 g/mol. The van der Waals surface area contributed by atoms with Gasteiger partial charge in [-0.05, 0) is 99.1 Å². The number of rotatable bonds is 5. The molecule has 4 nitrogen and oxygen atoms in total. The largest absolute Gasteiger partial charge is 0.340 e. The van der Waals surface area contributed by atoms with E-state index in [1.807, 2.05) is 30.3 Å². The van der Waals surface area contributed by atoms with Crippen molar-refractivity contribution in [1.82, 2.24) is 9.88 Å². The number of amidine groups is 1. The number of para-hydroxylation sites is 1. The van der Waals surface area contributed by atoms with Crippen LogP contribution in [0.4, 0.5) is 0 Å². The standard InChI is InChI=1S/C50H36N4/c1-50(2)43-22-11-9-20-39(43)41-28-42-40-21-10-12-23-47(40)54(48(42)29-44(41)50)38-26-36(35-19-13-14-32(24-35)31-51)25-37(27-38)46-30-45(33-15-5-3-6-16-33)52-49(53-46)34-17-7-4-8-18-34/h3-30,46H,1-2H3,(H,52,53). The maximum atomic E-state index is 9.88. The molecule has 8 aromatic rings. The molecule has 0 saturated heterocycles. The SMILES string of the molecule is CC1(C)c2ccccc2-c2cc3c4ccccc4n(-c4cc(-c5cccc(C#N)c5)cc(C5C=C(c6ccccc6)NC(c6ccccc6)=N5)c4)c3cc21. The van der Waals surface area contributed by atoms with Crippen LogP contribution in [0.2, 0.25) is 0 Å². The van der Waals surface area contributed by atoms with Gasteiger partial charge in [-0.25, -0.2) is 0 Å². The minimum absolute atomic E-state index is 0.136. The van der Waals surface area contributed by atoms with Crippen molar-refractivity contribution >= 4 is 33.3 Å². The molecule has 1 unspecified atom stereocenters. The maximum absolute atomic E-state index is 9.88. The van der Waals surface area contributed by atoms with Crippen LogP contribution in [0, 0.1) is 11.3 Å². The highest BCUT2D eigenvalue weighted by Gasteiger charge is 2.36. The third-order valence-electron chi connectivity index (χ3n) is 11.2. The van der Waals surface area contributed by atoms with Crippen LogP contribution in [0.15, 0.2) is 175 Å². The second-order valence-electron chi connectivity index (χ2n) is 14.8. The summed E-state index contributed by atoms with van der Waals surface area (Å²) >= 11 is 0. The summed E-state index contributed by atoms with van der Waals surface area (Å²) < 4.78 is 2.43. The Hall–Kier alpha value is -6.96. The minimum Gasteiger partial charge on any atom is -0.340 e. The zero-order chi connectivity index (χ0) is 36.4. The van der Waals surface area contributed by atoms with Crippen molar-refractivity contribution in [3.05, 3.63) is 203 Å². The van der Waals surface area contributed by atoms with Crippen LogP contribution in [0.25, 0.3) is 55.4 Å². The quantitative estimate of drug-likeness (QED) is 0.195. The smallest absolute Gasteiger partial charge is 0.133 e. The summed E-state index contributed by atoms with van der Waals surface area (Å²) in [6.07, 6.45) is 2.23. The van der Waals surface area contributed by atoms with Gasteiger partial charge in [-0.15, -0.1) is 0 Å². The maximum Gasteiger partial charge on any atom is 0.133 e. The lowest BCUT2D eigenvalue weighted by molar-refractivity contribution is 0.661.